The van der Waals surface area contributed by atoms with Crippen LogP contribution >= 0.6 is 27.5 Å². The standard InChI is InChI=1S/C11H16BrClN2/c1-3-7(2)11(15-14)9-6-8(13)4-5-10(9)12/h4-7,11,15H,3,14H2,1-2H3. The molecule has 0 bridgehead atoms. The second kappa shape index (κ2) is 5.85. The van der Waals surface area contributed by atoms with E-state index >= 15 is 0 Å². The topological polar surface area (TPSA) is 38.0 Å². The first-order valence-electron chi connectivity index (χ1n) is 5.01. The van der Waals surface area contributed by atoms with Crippen LogP contribution < -0.4 is 11.3 Å². The molecule has 0 aliphatic carbocycles. The minimum absolute atomic E-state index is 0.128. The number of hydrogen-bond donors (Lipinski definition) is 2. The van der Waals surface area contributed by atoms with E-state index in [2.05, 4.69) is 35.2 Å². The van der Waals surface area contributed by atoms with Crippen LogP contribution in [-0.2, 0) is 0 Å². The zero-order chi connectivity index (χ0) is 11.4. The van der Waals surface area contributed by atoms with E-state index in [1.807, 2.05) is 18.2 Å². The molecule has 4 heteroatoms. The van der Waals surface area contributed by atoms with Crippen LogP contribution in [0.5, 0.6) is 0 Å². The maximum atomic E-state index is 5.98. The molecule has 3 N–H and O–H groups in total. The molecule has 0 aromatic heterocycles. The van der Waals surface area contributed by atoms with Crippen molar-refractivity contribution >= 4 is 27.5 Å². The monoisotopic (exact) mass is 290 g/mol. The molecule has 15 heavy (non-hydrogen) atoms. The summed E-state index contributed by atoms with van der Waals surface area (Å²) in [5.74, 6) is 6.05. The number of halogens is 2. The fraction of sp³-hybridized carbons (Fsp3) is 0.455. The lowest BCUT2D eigenvalue weighted by atomic mass is 9.93. The van der Waals surface area contributed by atoms with Gasteiger partial charge in [0.1, 0.15) is 0 Å². The molecule has 0 radical (unpaired) electrons. The van der Waals surface area contributed by atoms with E-state index in [9.17, 15) is 0 Å². The highest BCUT2D eigenvalue weighted by molar-refractivity contribution is 9.10. The van der Waals surface area contributed by atoms with E-state index in [0.717, 1.165) is 21.5 Å². The van der Waals surface area contributed by atoms with Crippen molar-refractivity contribution in [3.8, 4) is 0 Å². The Balaban J connectivity index is 3.05. The van der Waals surface area contributed by atoms with Crippen LogP contribution in [0.15, 0.2) is 22.7 Å². The van der Waals surface area contributed by atoms with Gasteiger partial charge in [0.15, 0.2) is 0 Å². The van der Waals surface area contributed by atoms with Crippen molar-refractivity contribution in [1.29, 1.82) is 0 Å². The lowest BCUT2D eigenvalue weighted by Gasteiger charge is -2.23. The molecule has 84 valence electrons. The lowest BCUT2D eigenvalue weighted by Crippen LogP contribution is -2.32. The van der Waals surface area contributed by atoms with Crippen LogP contribution in [0.1, 0.15) is 31.9 Å². The summed E-state index contributed by atoms with van der Waals surface area (Å²) in [5.41, 5.74) is 3.96. The molecule has 1 aromatic carbocycles. The average molecular weight is 292 g/mol. The van der Waals surface area contributed by atoms with Gasteiger partial charge in [-0.2, -0.15) is 0 Å². The minimum Gasteiger partial charge on any atom is -0.271 e. The first-order valence-corrected chi connectivity index (χ1v) is 6.18. The summed E-state index contributed by atoms with van der Waals surface area (Å²) in [6.07, 6.45) is 1.06. The number of rotatable bonds is 4. The van der Waals surface area contributed by atoms with Gasteiger partial charge < -0.3 is 0 Å². The second-order valence-electron chi connectivity index (χ2n) is 3.70. The van der Waals surface area contributed by atoms with Crippen molar-refractivity contribution in [1.82, 2.24) is 5.43 Å². The SMILES string of the molecule is CCC(C)C(NN)c1cc(Cl)ccc1Br. The van der Waals surface area contributed by atoms with Crippen LogP contribution in [-0.4, -0.2) is 0 Å². The molecule has 0 heterocycles. The van der Waals surface area contributed by atoms with Crippen molar-refractivity contribution in [2.24, 2.45) is 11.8 Å². The summed E-state index contributed by atoms with van der Waals surface area (Å²) >= 11 is 9.49. The Morgan fingerprint density at radius 2 is 2.20 bits per heavy atom. The van der Waals surface area contributed by atoms with Crippen LogP contribution in [0.2, 0.25) is 5.02 Å². The summed E-state index contributed by atoms with van der Waals surface area (Å²) in [6, 6.07) is 5.88. The highest BCUT2D eigenvalue weighted by atomic mass is 79.9. The summed E-state index contributed by atoms with van der Waals surface area (Å²) < 4.78 is 1.04. The van der Waals surface area contributed by atoms with E-state index in [1.165, 1.54) is 0 Å². The van der Waals surface area contributed by atoms with Gasteiger partial charge in [0.25, 0.3) is 0 Å². The van der Waals surface area contributed by atoms with Crippen LogP contribution in [0.3, 0.4) is 0 Å². The first-order chi connectivity index (χ1) is 7.10. The molecule has 2 atom stereocenters. The zero-order valence-corrected chi connectivity index (χ0v) is 11.3. The molecule has 0 saturated heterocycles. The minimum atomic E-state index is 0.128. The van der Waals surface area contributed by atoms with Gasteiger partial charge in [0.2, 0.25) is 0 Å². The first kappa shape index (κ1) is 13.0. The van der Waals surface area contributed by atoms with Gasteiger partial charge in [-0.1, -0.05) is 47.8 Å². The third-order valence-electron chi connectivity index (χ3n) is 2.69. The van der Waals surface area contributed by atoms with Crippen molar-refractivity contribution < 1.29 is 0 Å². The molecule has 0 aliphatic rings. The van der Waals surface area contributed by atoms with E-state index in [4.69, 9.17) is 17.4 Å². The summed E-state index contributed by atoms with van der Waals surface area (Å²) in [5, 5.41) is 0.733. The van der Waals surface area contributed by atoms with E-state index in [1.54, 1.807) is 0 Å². The largest absolute Gasteiger partial charge is 0.271 e. The maximum absolute atomic E-state index is 5.98. The molecule has 0 amide bonds. The van der Waals surface area contributed by atoms with Crippen molar-refractivity contribution in [2.75, 3.05) is 0 Å². The van der Waals surface area contributed by atoms with Gasteiger partial charge in [-0.3, -0.25) is 11.3 Å². The van der Waals surface area contributed by atoms with Crippen molar-refractivity contribution in [3.63, 3.8) is 0 Å². The number of hydrogen-bond acceptors (Lipinski definition) is 2. The number of benzene rings is 1. The molecule has 0 aliphatic heterocycles. The fourth-order valence-electron chi connectivity index (χ4n) is 1.55. The van der Waals surface area contributed by atoms with Crippen LogP contribution in [0.25, 0.3) is 0 Å². The van der Waals surface area contributed by atoms with Gasteiger partial charge in [-0.05, 0) is 29.7 Å². The Hall–Kier alpha value is -0.0900. The normalized spacial score (nSPS) is 15.0. The second-order valence-corrected chi connectivity index (χ2v) is 4.99. The van der Waals surface area contributed by atoms with Gasteiger partial charge in [-0.25, -0.2) is 0 Å². The van der Waals surface area contributed by atoms with Gasteiger partial charge in [-0.15, -0.1) is 0 Å². The van der Waals surface area contributed by atoms with E-state index in [-0.39, 0.29) is 6.04 Å². The van der Waals surface area contributed by atoms with E-state index in [0.29, 0.717) is 5.92 Å². The number of nitrogens with one attached hydrogen (secondary N) is 1. The highest BCUT2D eigenvalue weighted by Gasteiger charge is 2.18. The number of nitrogens with two attached hydrogens (primary N) is 1. The molecule has 1 rings (SSSR count). The summed E-state index contributed by atoms with van der Waals surface area (Å²) in [4.78, 5) is 0. The molecule has 2 unspecified atom stereocenters. The smallest absolute Gasteiger partial charge is 0.0497 e. The van der Waals surface area contributed by atoms with Crippen LogP contribution in [0.4, 0.5) is 0 Å². The lowest BCUT2D eigenvalue weighted by molar-refractivity contribution is 0.382. The Labute approximate surface area is 104 Å². The summed E-state index contributed by atoms with van der Waals surface area (Å²) in [7, 11) is 0. The maximum Gasteiger partial charge on any atom is 0.0497 e. The molecule has 0 spiro atoms. The van der Waals surface area contributed by atoms with Crippen LogP contribution in [0, 0.1) is 5.92 Å². The molecule has 0 fully saturated rings. The van der Waals surface area contributed by atoms with Gasteiger partial charge in [0.05, 0.1) is 0 Å². The van der Waals surface area contributed by atoms with Crippen molar-refractivity contribution in [2.45, 2.75) is 26.3 Å². The average Bonchev–Trinajstić information content (AvgIpc) is 2.23. The molecule has 1 aromatic rings. The Morgan fingerprint density at radius 3 is 2.73 bits per heavy atom. The predicted molar refractivity (Wildman–Crippen MR) is 68.7 cm³/mol. The molecule has 0 saturated carbocycles. The highest BCUT2D eigenvalue weighted by Crippen LogP contribution is 2.31. The molecule has 2 nitrogen and oxygen atoms in total. The van der Waals surface area contributed by atoms with Gasteiger partial charge >= 0.3 is 0 Å². The fourth-order valence-corrected chi connectivity index (χ4v) is 2.22. The van der Waals surface area contributed by atoms with E-state index < -0.39 is 0 Å². The number of hydrazine groups is 1. The molecular formula is C11H16BrClN2. The Kier molecular flexibility index (Phi) is 5.06. The summed E-state index contributed by atoms with van der Waals surface area (Å²) in [6.45, 7) is 4.31. The quantitative estimate of drug-likeness (QED) is 0.656. The Morgan fingerprint density at radius 1 is 1.53 bits per heavy atom. The third-order valence-corrected chi connectivity index (χ3v) is 3.64. The third kappa shape index (κ3) is 3.18. The zero-order valence-electron chi connectivity index (χ0n) is 8.93. The predicted octanol–water partition coefficient (Wildman–Crippen LogP) is 3.65. The van der Waals surface area contributed by atoms with Crippen molar-refractivity contribution in [3.05, 3.63) is 33.3 Å². The van der Waals surface area contributed by atoms with Gasteiger partial charge in [0, 0.05) is 15.5 Å². The Bertz CT molecular complexity index is 330. The molecular weight excluding hydrogens is 275 g/mol.